The Kier molecular flexibility index (Phi) is 7.45. The highest BCUT2D eigenvalue weighted by Crippen LogP contribution is 2.28. The van der Waals surface area contributed by atoms with Gasteiger partial charge in [0, 0.05) is 38.3 Å². The lowest BCUT2D eigenvalue weighted by atomic mass is 10.2. The van der Waals surface area contributed by atoms with Crippen LogP contribution in [-0.2, 0) is 0 Å². The van der Waals surface area contributed by atoms with Gasteiger partial charge >= 0.3 is 0 Å². The highest BCUT2D eigenvalue weighted by Gasteiger charge is 2.17. The lowest BCUT2D eigenvalue weighted by molar-refractivity contribution is 0.0952. The fourth-order valence-corrected chi connectivity index (χ4v) is 4.59. The highest BCUT2D eigenvalue weighted by atomic mass is 32.1. The van der Waals surface area contributed by atoms with E-state index >= 15 is 0 Å². The van der Waals surface area contributed by atoms with Crippen LogP contribution in [0.4, 0.5) is 0 Å². The summed E-state index contributed by atoms with van der Waals surface area (Å²) in [6, 6.07) is 13.3. The first-order valence-electron chi connectivity index (χ1n) is 10.9. The van der Waals surface area contributed by atoms with Crippen LogP contribution < -0.4 is 5.32 Å². The van der Waals surface area contributed by atoms with Crippen molar-refractivity contribution in [1.82, 2.24) is 25.3 Å². The van der Waals surface area contributed by atoms with E-state index in [2.05, 4.69) is 32.2 Å². The van der Waals surface area contributed by atoms with Gasteiger partial charge in [0.15, 0.2) is 0 Å². The number of aromatic nitrogens is 2. The van der Waals surface area contributed by atoms with E-state index in [0.29, 0.717) is 23.1 Å². The fraction of sp³-hybridized carbons (Fsp3) is 0.435. The summed E-state index contributed by atoms with van der Waals surface area (Å²) in [5.74, 6) is 0.937. The molecule has 1 saturated heterocycles. The minimum Gasteiger partial charge on any atom is -0.351 e. The number of hydrogen-bond acceptors (Lipinski definition) is 7. The van der Waals surface area contributed by atoms with E-state index in [9.17, 15) is 4.79 Å². The molecule has 0 unspecified atom stereocenters. The van der Waals surface area contributed by atoms with Gasteiger partial charge in [-0.05, 0) is 50.2 Å². The molecular weight excluding hydrogens is 410 g/mol. The first-order chi connectivity index (χ1) is 15.2. The van der Waals surface area contributed by atoms with Crippen LogP contribution in [0.25, 0.3) is 22.2 Å². The molecule has 3 aromatic rings. The van der Waals surface area contributed by atoms with E-state index in [-0.39, 0.29) is 5.91 Å². The number of piperazine rings is 1. The number of nitrogens with one attached hydrogen (secondary N) is 1. The molecule has 7 nitrogen and oxygen atoms in total. The molecule has 8 heteroatoms. The summed E-state index contributed by atoms with van der Waals surface area (Å²) in [4.78, 5) is 23.5. The van der Waals surface area contributed by atoms with Crippen molar-refractivity contribution < 1.29 is 9.32 Å². The maximum absolute atomic E-state index is 12.5. The highest BCUT2D eigenvalue weighted by molar-refractivity contribution is 7.17. The summed E-state index contributed by atoms with van der Waals surface area (Å²) in [6.45, 7) is 9.69. The predicted octanol–water partition coefficient (Wildman–Crippen LogP) is 3.61. The van der Waals surface area contributed by atoms with E-state index in [1.54, 1.807) is 0 Å². The molecule has 0 radical (unpaired) electrons. The third-order valence-electron chi connectivity index (χ3n) is 5.44. The van der Waals surface area contributed by atoms with Gasteiger partial charge in [0.05, 0.1) is 9.75 Å². The molecule has 0 saturated carbocycles. The summed E-state index contributed by atoms with van der Waals surface area (Å²) in [7, 11) is 0. The Labute approximate surface area is 187 Å². The average molecular weight is 440 g/mol. The molecule has 0 atom stereocenters. The van der Waals surface area contributed by atoms with Crippen LogP contribution in [0.2, 0.25) is 0 Å². The molecule has 1 N–H and O–H groups in total. The first kappa shape index (κ1) is 21.7. The van der Waals surface area contributed by atoms with Gasteiger partial charge < -0.3 is 19.6 Å². The summed E-state index contributed by atoms with van der Waals surface area (Å²) in [6.07, 6.45) is 2.18. The molecule has 1 aliphatic rings. The van der Waals surface area contributed by atoms with Gasteiger partial charge in [-0.25, -0.2) is 0 Å². The number of hydrogen-bond donors (Lipinski definition) is 1. The van der Waals surface area contributed by atoms with Gasteiger partial charge in [0.25, 0.3) is 11.8 Å². The van der Waals surface area contributed by atoms with Crippen molar-refractivity contribution in [3.05, 3.63) is 47.3 Å². The Balaban J connectivity index is 1.22. The van der Waals surface area contributed by atoms with Crippen LogP contribution >= 0.6 is 11.3 Å². The summed E-state index contributed by atoms with van der Waals surface area (Å²) >= 11 is 1.38. The van der Waals surface area contributed by atoms with Crippen LogP contribution in [0.5, 0.6) is 0 Å². The lowest BCUT2D eigenvalue weighted by Crippen LogP contribution is -2.47. The Morgan fingerprint density at radius 3 is 2.55 bits per heavy atom. The number of carbonyl (C=O) groups is 1. The number of carbonyl (C=O) groups excluding carboxylic acids is 1. The van der Waals surface area contributed by atoms with Crippen LogP contribution in [0, 0.1) is 0 Å². The topological polar surface area (TPSA) is 74.5 Å². The molecule has 0 spiro atoms. The number of thiophene rings is 1. The maximum Gasteiger partial charge on any atom is 0.261 e. The Morgan fingerprint density at radius 2 is 1.81 bits per heavy atom. The van der Waals surface area contributed by atoms with Crippen molar-refractivity contribution in [3.8, 4) is 22.2 Å². The van der Waals surface area contributed by atoms with Gasteiger partial charge in [-0.3, -0.25) is 4.79 Å². The van der Waals surface area contributed by atoms with E-state index in [1.165, 1.54) is 24.3 Å². The van der Waals surface area contributed by atoms with E-state index in [1.807, 2.05) is 42.5 Å². The largest absolute Gasteiger partial charge is 0.351 e. The number of benzene rings is 1. The van der Waals surface area contributed by atoms with Crippen LogP contribution in [0.1, 0.15) is 29.4 Å². The van der Waals surface area contributed by atoms with Crippen molar-refractivity contribution in [1.29, 1.82) is 0 Å². The normalized spacial score (nSPS) is 15.3. The SMILES string of the molecule is CCCN1CCN(CCCNC(=O)c2ccc(-c3noc(-c4ccccc4)n3)s2)CC1. The first-order valence-corrected chi connectivity index (χ1v) is 11.8. The van der Waals surface area contributed by atoms with E-state index in [4.69, 9.17) is 4.52 Å². The molecule has 164 valence electrons. The number of nitrogens with zero attached hydrogens (tertiary/aromatic N) is 4. The second kappa shape index (κ2) is 10.7. The van der Waals surface area contributed by atoms with E-state index < -0.39 is 0 Å². The van der Waals surface area contributed by atoms with Crippen molar-refractivity contribution >= 4 is 17.2 Å². The minimum absolute atomic E-state index is 0.0456. The van der Waals surface area contributed by atoms with Crippen molar-refractivity contribution in [2.45, 2.75) is 19.8 Å². The maximum atomic E-state index is 12.5. The molecule has 0 aliphatic carbocycles. The van der Waals surface area contributed by atoms with Crippen LogP contribution in [0.15, 0.2) is 47.0 Å². The third kappa shape index (κ3) is 5.78. The van der Waals surface area contributed by atoms with Gasteiger partial charge in [-0.1, -0.05) is 30.3 Å². The molecule has 1 aliphatic heterocycles. The molecule has 2 aromatic heterocycles. The molecule has 4 rings (SSSR count). The standard InChI is InChI=1S/C23H29N5O2S/c1-2-12-27-14-16-28(17-15-27)13-6-11-24-22(29)20-10-9-19(31-20)21-25-23(30-26-21)18-7-4-3-5-8-18/h3-5,7-10H,2,6,11-17H2,1H3,(H,24,29). The minimum atomic E-state index is -0.0456. The van der Waals surface area contributed by atoms with Gasteiger partial charge in [0.1, 0.15) is 0 Å². The molecule has 1 aromatic carbocycles. The van der Waals surface area contributed by atoms with Crippen molar-refractivity contribution in [3.63, 3.8) is 0 Å². The predicted molar refractivity (Wildman–Crippen MR) is 123 cm³/mol. The molecule has 3 heterocycles. The fourth-order valence-electron chi connectivity index (χ4n) is 3.75. The monoisotopic (exact) mass is 439 g/mol. The average Bonchev–Trinajstić information content (AvgIpc) is 3.48. The zero-order valence-corrected chi connectivity index (χ0v) is 18.7. The van der Waals surface area contributed by atoms with Gasteiger partial charge in [0.2, 0.25) is 5.82 Å². The Morgan fingerprint density at radius 1 is 1.06 bits per heavy atom. The second-order valence-electron chi connectivity index (χ2n) is 7.75. The van der Waals surface area contributed by atoms with Gasteiger partial charge in [-0.2, -0.15) is 4.98 Å². The third-order valence-corrected chi connectivity index (χ3v) is 6.52. The summed E-state index contributed by atoms with van der Waals surface area (Å²) in [5.41, 5.74) is 0.877. The molecular formula is C23H29N5O2S. The lowest BCUT2D eigenvalue weighted by Gasteiger charge is -2.34. The number of amides is 1. The van der Waals surface area contributed by atoms with Crippen LogP contribution in [-0.4, -0.2) is 71.7 Å². The Hall–Kier alpha value is -2.55. The zero-order chi connectivity index (χ0) is 21.5. The van der Waals surface area contributed by atoms with Gasteiger partial charge in [-0.15, -0.1) is 11.3 Å². The smallest absolute Gasteiger partial charge is 0.261 e. The quantitative estimate of drug-likeness (QED) is 0.514. The van der Waals surface area contributed by atoms with Crippen LogP contribution in [0.3, 0.4) is 0 Å². The van der Waals surface area contributed by atoms with E-state index in [0.717, 1.165) is 49.6 Å². The van der Waals surface area contributed by atoms with Crippen molar-refractivity contribution in [2.75, 3.05) is 45.8 Å². The molecule has 1 amide bonds. The zero-order valence-electron chi connectivity index (χ0n) is 17.9. The molecule has 0 bridgehead atoms. The molecule has 31 heavy (non-hydrogen) atoms. The summed E-state index contributed by atoms with van der Waals surface area (Å²) < 4.78 is 5.37. The number of rotatable bonds is 9. The molecule has 1 fully saturated rings. The Bertz CT molecular complexity index is 963. The second-order valence-corrected chi connectivity index (χ2v) is 8.83. The summed E-state index contributed by atoms with van der Waals surface area (Å²) in [5, 5.41) is 7.10. The van der Waals surface area contributed by atoms with Crippen molar-refractivity contribution in [2.24, 2.45) is 0 Å².